The zero-order valence-corrected chi connectivity index (χ0v) is 12.3. The number of rotatable bonds is 2. The van der Waals surface area contributed by atoms with Crippen LogP contribution in [0.5, 0.6) is 0 Å². The van der Waals surface area contributed by atoms with Crippen LogP contribution in [0.2, 0.25) is 0 Å². The van der Waals surface area contributed by atoms with Crippen molar-refractivity contribution in [1.29, 1.82) is 0 Å². The summed E-state index contributed by atoms with van der Waals surface area (Å²) in [5, 5.41) is 0. The van der Waals surface area contributed by atoms with E-state index >= 15 is 0 Å². The van der Waals surface area contributed by atoms with Gasteiger partial charge >= 0.3 is 7.12 Å². The Labute approximate surface area is 121 Å². The smallest absolute Gasteiger partial charge is 0.406 e. The molecule has 1 aromatic heterocycles. The molecular weight excluding hydrogens is 253 g/mol. The Morgan fingerprint density at radius 2 is 1.90 bits per heavy atom. The van der Waals surface area contributed by atoms with Gasteiger partial charge in [0.1, 0.15) is 0 Å². The lowest BCUT2D eigenvalue weighted by Crippen LogP contribution is -2.48. The summed E-state index contributed by atoms with van der Waals surface area (Å²) in [5.41, 5.74) is 2.31. The highest BCUT2D eigenvalue weighted by Gasteiger charge is 2.34. The molecule has 0 spiro atoms. The largest absolute Gasteiger partial charge is 0.513 e. The lowest BCUT2D eigenvalue weighted by atomic mass is 9.78. The Kier molecular flexibility index (Phi) is 4.10. The average Bonchev–Trinajstić information content (AvgIpc) is 2.48. The Morgan fingerprint density at radius 3 is 2.60 bits per heavy atom. The summed E-state index contributed by atoms with van der Waals surface area (Å²) in [4.78, 5) is 4.42. The summed E-state index contributed by atoms with van der Waals surface area (Å²) in [6.07, 6.45) is 4.04. The molecule has 5 heteroatoms. The minimum atomic E-state index is -0.317. The quantitative estimate of drug-likeness (QED) is 0.771. The third kappa shape index (κ3) is 3.22. The highest BCUT2D eigenvalue weighted by molar-refractivity contribution is 6.60. The molecular formula is C15H22BNO3. The first-order valence-electron chi connectivity index (χ1n) is 7.41. The number of pyridine rings is 1. The van der Waals surface area contributed by atoms with Crippen molar-refractivity contribution in [2.45, 2.75) is 32.6 Å². The van der Waals surface area contributed by atoms with Gasteiger partial charge in [-0.05, 0) is 36.5 Å². The van der Waals surface area contributed by atoms with Gasteiger partial charge in [-0.15, -0.1) is 0 Å². The summed E-state index contributed by atoms with van der Waals surface area (Å²) < 4.78 is 17.1. The van der Waals surface area contributed by atoms with E-state index in [0.717, 1.165) is 31.6 Å². The zero-order chi connectivity index (χ0) is 14.0. The lowest BCUT2D eigenvalue weighted by molar-refractivity contribution is 0.0339. The number of hydrogen-bond acceptors (Lipinski definition) is 4. The maximum Gasteiger partial charge on any atom is 0.513 e. The highest BCUT2D eigenvalue weighted by Crippen LogP contribution is 2.26. The molecule has 0 aromatic carbocycles. The van der Waals surface area contributed by atoms with Crippen LogP contribution in [0.3, 0.4) is 0 Å². The fourth-order valence-corrected chi connectivity index (χ4v) is 2.74. The Morgan fingerprint density at radius 1 is 1.20 bits per heavy atom. The third-order valence-electron chi connectivity index (χ3n) is 3.99. The van der Waals surface area contributed by atoms with E-state index in [2.05, 4.69) is 31.0 Å². The van der Waals surface area contributed by atoms with Gasteiger partial charge in [-0.1, -0.05) is 13.8 Å². The lowest BCUT2D eigenvalue weighted by Gasteiger charge is -2.33. The van der Waals surface area contributed by atoms with E-state index in [1.165, 1.54) is 5.56 Å². The molecule has 1 aromatic rings. The molecule has 108 valence electrons. The van der Waals surface area contributed by atoms with Crippen LogP contribution in [0.1, 0.15) is 38.2 Å². The fraction of sp³-hybridized carbons (Fsp3) is 0.667. The molecule has 4 nitrogen and oxygen atoms in total. The molecule has 3 rings (SSSR count). The van der Waals surface area contributed by atoms with Crippen molar-refractivity contribution in [1.82, 2.24) is 4.98 Å². The first-order valence-corrected chi connectivity index (χ1v) is 7.41. The predicted molar refractivity (Wildman–Crippen MR) is 78.1 cm³/mol. The van der Waals surface area contributed by atoms with Crippen LogP contribution in [0.25, 0.3) is 0 Å². The first-order chi connectivity index (χ1) is 9.64. The monoisotopic (exact) mass is 275 g/mol. The third-order valence-corrected chi connectivity index (χ3v) is 3.99. The average molecular weight is 275 g/mol. The highest BCUT2D eigenvalue weighted by atomic mass is 16.6. The van der Waals surface area contributed by atoms with Crippen molar-refractivity contribution in [3.63, 3.8) is 0 Å². The molecule has 0 aliphatic carbocycles. The van der Waals surface area contributed by atoms with Gasteiger partial charge in [0, 0.05) is 38.0 Å². The van der Waals surface area contributed by atoms with Crippen molar-refractivity contribution in [3.8, 4) is 0 Å². The SMILES string of the molecule is CC1(C)COB(c2cc(C3CCOCC3)ccn2)OC1. The Balaban J connectivity index is 1.71. The van der Waals surface area contributed by atoms with Crippen molar-refractivity contribution in [2.75, 3.05) is 26.4 Å². The second-order valence-electron chi connectivity index (χ2n) is 6.52. The van der Waals surface area contributed by atoms with Gasteiger partial charge in [0.25, 0.3) is 0 Å². The summed E-state index contributed by atoms with van der Waals surface area (Å²) in [5.74, 6) is 0.575. The van der Waals surface area contributed by atoms with Crippen LogP contribution < -0.4 is 5.59 Å². The molecule has 3 heterocycles. The van der Waals surface area contributed by atoms with Crippen LogP contribution in [-0.4, -0.2) is 38.5 Å². The molecule has 2 saturated heterocycles. The molecule has 0 amide bonds. The van der Waals surface area contributed by atoms with E-state index in [0.29, 0.717) is 19.1 Å². The molecule has 2 fully saturated rings. The normalized spacial score (nSPS) is 23.8. The molecule has 0 unspecified atom stereocenters. The van der Waals surface area contributed by atoms with Gasteiger partial charge < -0.3 is 14.0 Å². The fourth-order valence-electron chi connectivity index (χ4n) is 2.74. The number of ether oxygens (including phenoxy) is 1. The van der Waals surface area contributed by atoms with Crippen molar-refractivity contribution >= 4 is 12.7 Å². The standard InChI is InChI=1S/C15H22BNO3/c1-15(2)10-19-16(20-11-15)14-9-13(3-6-17-14)12-4-7-18-8-5-12/h3,6,9,12H,4-5,7-8,10-11H2,1-2H3. The van der Waals surface area contributed by atoms with Gasteiger partial charge in [-0.25, -0.2) is 0 Å². The second-order valence-corrected chi connectivity index (χ2v) is 6.52. The molecule has 20 heavy (non-hydrogen) atoms. The van der Waals surface area contributed by atoms with E-state index in [-0.39, 0.29) is 12.5 Å². The van der Waals surface area contributed by atoms with E-state index in [1.54, 1.807) is 0 Å². The van der Waals surface area contributed by atoms with Crippen LogP contribution in [0, 0.1) is 5.41 Å². The Bertz CT molecular complexity index is 450. The van der Waals surface area contributed by atoms with Crippen LogP contribution >= 0.6 is 0 Å². The van der Waals surface area contributed by atoms with Crippen LogP contribution in [0.15, 0.2) is 18.3 Å². The molecule has 2 aliphatic rings. The number of aromatic nitrogens is 1. The maximum atomic E-state index is 5.81. The van der Waals surface area contributed by atoms with Crippen LogP contribution in [0.4, 0.5) is 0 Å². The van der Waals surface area contributed by atoms with Gasteiger partial charge in [0.05, 0.1) is 5.59 Å². The van der Waals surface area contributed by atoms with Gasteiger partial charge in [-0.2, -0.15) is 0 Å². The topological polar surface area (TPSA) is 40.6 Å². The van der Waals surface area contributed by atoms with E-state index in [9.17, 15) is 0 Å². The first kappa shape index (κ1) is 14.0. The summed E-state index contributed by atoms with van der Waals surface area (Å²) >= 11 is 0. The molecule has 0 radical (unpaired) electrons. The summed E-state index contributed by atoms with van der Waals surface area (Å²) in [7, 11) is -0.317. The predicted octanol–water partition coefficient (Wildman–Crippen LogP) is 1.74. The van der Waals surface area contributed by atoms with Crippen LogP contribution in [-0.2, 0) is 14.0 Å². The molecule has 2 aliphatic heterocycles. The minimum Gasteiger partial charge on any atom is -0.406 e. The van der Waals surface area contributed by atoms with Gasteiger partial charge in [0.15, 0.2) is 0 Å². The Hall–Kier alpha value is -0.905. The molecule has 0 saturated carbocycles. The zero-order valence-electron chi connectivity index (χ0n) is 12.3. The van der Waals surface area contributed by atoms with Gasteiger partial charge in [0.2, 0.25) is 0 Å². The van der Waals surface area contributed by atoms with Crippen molar-refractivity contribution in [2.24, 2.45) is 5.41 Å². The molecule has 0 N–H and O–H groups in total. The van der Waals surface area contributed by atoms with E-state index in [4.69, 9.17) is 14.0 Å². The second kappa shape index (κ2) is 5.84. The number of nitrogens with zero attached hydrogens (tertiary/aromatic N) is 1. The minimum absolute atomic E-state index is 0.0921. The number of hydrogen-bond donors (Lipinski definition) is 0. The van der Waals surface area contributed by atoms with Crippen molar-refractivity contribution in [3.05, 3.63) is 23.9 Å². The summed E-state index contributed by atoms with van der Waals surface area (Å²) in [6.45, 7) is 7.42. The van der Waals surface area contributed by atoms with Gasteiger partial charge in [-0.3, -0.25) is 4.98 Å². The van der Waals surface area contributed by atoms with E-state index in [1.807, 2.05) is 6.20 Å². The maximum absolute atomic E-state index is 5.81. The van der Waals surface area contributed by atoms with E-state index < -0.39 is 0 Å². The molecule has 0 bridgehead atoms. The summed E-state index contributed by atoms with van der Waals surface area (Å²) in [6, 6.07) is 4.24. The van der Waals surface area contributed by atoms with Crippen molar-refractivity contribution < 1.29 is 14.0 Å². The molecule has 0 atom stereocenters.